The van der Waals surface area contributed by atoms with Crippen LogP contribution in [0.15, 0.2) is 0 Å². The van der Waals surface area contributed by atoms with Gasteiger partial charge in [0.25, 0.3) is 0 Å². The van der Waals surface area contributed by atoms with Gasteiger partial charge in [-0.2, -0.15) is 0 Å². The molecule has 0 radical (unpaired) electrons. The minimum absolute atomic E-state index is 0.463. The van der Waals surface area contributed by atoms with Crippen LogP contribution in [0.3, 0.4) is 0 Å². The molecule has 2 nitrogen and oxygen atoms in total. The summed E-state index contributed by atoms with van der Waals surface area (Å²) in [5.41, 5.74) is 0. The van der Waals surface area contributed by atoms with E-state index in [0.717, 1.165) is 45.3 Å². The maximum atomic E-state index is 11.5. The van der Waals surface area contributed by atoms with E-state index in [1.807, 2.05) is 0 Å². The van der Waals surface area contributed by atoms with Gasteiger partial charge in [0.15, 0.2) is 0 Å². The summed E-state index contributed by atoms with van der Waals surface area (Å²) in [7, 11) is 0. The second-order valence-electron chi connectivity index (χ2n) is 4.26. The van der Waals surface area contributed by atoms with Crippen molar-refractivity contribution < 1.29 is 9.53 Å². The normalized spacial score (nSPS) is 18.4. The van der Waals surface area contributed by atoms with E-state index in [2.05, 4.69) is 6.92 Å². The molecule has 14 heavy (non-hydrogen) atoms. The van der Waals surface area contributed by atoms with Gasteiger partial charge in [0, 0.05) is 26.1 Å². The smallest absolute Gasteiger partial charge is 0.133 e. The Morgan fingerprint density at radius 1 is 1.29 bits per heavy atom. The van der Waals surface area contributed by atoms with E-state index in [1.165, 1.54) is 12.8 Å². The van der Waals surface area contributed by atoms with Crippen molar-refractivity contribution in [2.75, 3.05) is 13.2 Å². The van der Waals surface area contributed by atoms with Crippen LogP contribution in [0.25, 0.3) is 0 Å². The SMILES string of the molecule is CCCCCC(=O)CC1CCOCC1. The molecule has 0 unspecified atom stereocenters. The van der Waals surface area contributed by atoms with Crippen molar-refractivity contribution in [2.24, 2.45) is 5.92 Å². The third-order valence-electron chi connectivity index (χ3n) is 2.92. The molecule has 1 aliphatic heterocycles. The summed E-state index contributed by atoms with van der Waals surface area (Å²) >= 11 is 0. The van der Waals surface area contributed by atoms with Crippen LogP contribution in [0, 0.1) is 5.92 Å². The predicted octanol–water partition coefficient (Wildman–Crippen LogP) is 2.95. The van der Waals surface area contributed by atoms with Crippen molar-refractivity contribution >= 4 is 5.78 Å². The number of rotatable bonds is 6. The summed E-state index contributed by atoms with van der Waals surface area (Å²) < 4.78 is 5.27. The summed E-state index contributed by atoms with van der Waals surface area (Å²) in [5, 5.41) is 0. The van der Waals surface area contributed by atoms with Gasteiger partial charge < -0.3 is 4.74 Å². The fourth-order valence-corrected chi connectivity index (χ4v) is 1.95. The molecule has 1 rings (SSSR count). The highest BCUT2D eigenvalue weighted by Gasteiger charge is 2.16. The molecule has 1 aliphatic rings. The zero-order chi connectivity index (χ0) is 10.2. The second kappa shape index (κ2) is 6.99. The van der Waals surface area contributed by atoms with Crippen LogP contribution in [0.2, 0.25) is 0 Å². The molecule has 1 heterocycles. The van der Waals surface area contributed by atoms with Crippen molar-refractivity contribution in [2.45, 2.75) is 51.9 Å². The number of carbonyl (C=O) groups excluding carboxylic acids is 1. The third kappa shape index (κ3) is 4.75. The van der Waals surface area contributed by atoms with Gasteiger partial charge in [-0.3, -0.25) is 4.79 Å². The number of ether oxygens (including phenoxy) is 1. The first kappa shape index (κ1) is 11.7. The molecule has 0 N–H and O–H groups in total. The van der Waals surface area contributed by atoms with Crippen molar-refractivity contribution in [3.8, 4) is 0 Å². The first-order valence-corrected chi connectivity index (χ1v) is 5.92. The fraction of sp³-hybridized carbons (Fsp3) is 0.917. The highest BCUT2D eigenvalue weighted by molar-refractivity contribution is 5.78. The van der Waals surface area contributed by atoms with Gasteiger partial charge in [-0.1, -0.05) is 19.8 Å². The maximum absolute atomic E-state index is 11.5. The van der Waals surface area contributed by atoms with Crippen molar-refractivity contribution in [1.82, 2.24) is 0 Å². The Balaban J connectivity index is 2.06. The number of unbranched alkanes of at least 4 members (excludes halogenated alkanes) is 2. The van der Waals surface area contributed by atoms with E-state index in [9.17, 15) is 4.79 Å². The van der Waals surface area contributed by atoms with Crippen LogP contribution in [0.5, 0.6) is 0 Å². The van der Waals surface area contributed by atoms with E-state index in [-0.39, 0.29) is 0 Å². The molecule has 0 saturated carbocycles. The van der Waals surface area contributed by atoms with Gasteiger partial charge in [0.05, 0.1) is 0 Å². The van der Waals surface area contributed by atoms with Crippen molar-refractivity contribution in [1.29, 1.82) is 0 Å². The summed E-state index contributed by atoms with van der Waals surface area (Å²) in [5.74, 6) is 1.07. The Morgan fingerprint density at radius 3 is 2.64 bits per heavy atom. The Morgan fingerprint density at radius 2 is 2.00 bits per heavy atom. The highest BCUT2D eigenvalue weighted by atomic mass is 16.5. The lowest BCUT2D eigenvalue weighted by atomic mass is 9.93. The molecule has 0 atom stereocenters. The lowest BCUT2D eigenvalue weighted by molar-refractivity contribution is -0.120. The molecule has 0 bridgehead atoms. The standard InChI is InChI=1S/C12H22O2/c1-2-3-4-5-12(13)10-11-6-8-14-9-7-11/h11H,2-10H2,1H3. The fourth-order valence-electron chi connectivity index (χ4n) is 1.95. The van der Waals surface area contributed by atoms with Gasteiger partial charge in [-0.25, -0.2) is 0 Å². The quantitative estimate of drug-likeness (QED) is 0.613. The summed E-state index contributed by atoms with van der Waals surface area (Å²) in [4.78, 5) is 11.5. The highest BCUT2D eigenvalue weighted by Crippen LogP contribution is 2.19. The van der Waals surface area contributed by atoms with E-state index in [4.69, 9.17) is 4.74 Å². The van der Waals surface area contributed by atoms with Crippen LogP contribution in [-0.2, 0) is 9.53 Å². The van der Waals surface area contributed by atoms with Crippen LogP contribution in [0.1, 0.15) is 51.9 Å². The molecule has 2 heteroatoms. The van der Waals surface area contributed by atoms with Gasteiger partial charge in [0.1, 0.15) is 5.78 Å². The third-order valence-corrected chi connectivity index (χ3v) is 2.92. The minimum atomic E-state index is 0.463. The van der Waals surface area contributed by atoms with Crippen LogP contribution >= 0.6 is 0 Å². The van der Waals surface area contributed by atoms with Crippen LogP contribution < -0.4 is 0 Å². The summed E-state index contributed by atoms with van der Waals surface area (Å²) in [6.45, 7) is 3.88. The molecule has 0 aromatic carbocycles. The van der Waals surface area contributed by atoms with Gasteiger partial charge in [0.2, 0.25) is 0 Å². The van der Waals surface area contributed by atoms with E-state index in [1.54, 1.807) is 0 Å². The van der Waals surface area contributed by atoms with E-state index < -0.39 is 0 Å². The molecule has 0 aromatic heterocycles. The molecular formula is C12H22O2. The Hall–Kier alpha value is -0.370. The van der Waals surface area contributed by atoms with Gasteiger partial charge in [-0.15, -0.1) is 0 Å². The zero-order valence-electron chi connectivity index (χ0n) is 9.26. The van der Waals surface area contributed by atoms with E-state index >= 15 is 0 Å². The summed E-state index contributed by atoms with van der Waals surface area (Å²) in [6, 6.07) is 0. The Labute approximate surface area is 87.0 Å². The summed E-state index contributed by atoms with van der Waals surface area (Å²) in [6.07, 6.45) is 7.24. The number of carbonyl (C=O) groups is 1. The lowest BCUT2D eigenvalue weighted by Gasteiger charge is -2.21. The topological polar surface area (TPSA) is 26.3 Å². The largest absolute Gasteiger partial charge is 0.381 e. The van der Waals surface area contributed by atoms with Crippen molar-refractivity contribution in [3.63, 3.8) is 0 Å². The Bertz CT molecular complexity index is 160. The molecular weight excluding hydrogens is 176 g/mol. The molecule has 0 aliphatic carbocycles. The molecule has 1 fully saturated rings. The molecule has 1 saturated heterocycles. The van der Waals surface area contributed by atoms with Gasteiger partial charge in [-0.05, 0) is 25.2 Å². The molecule has 82 valence electrons. The lowest BCUT2D eigenvalue weighted by Crippen LogP contribution is -2.18. The van der Waals surface area contributed by atoms with E-state index in [0.29, 0.717) is 11.7 Å². The number of ketones is 1. The van der Waals surface area contributed by atoms with Crippen LogP contribution in [-0.4, -0.2) is 19.0 Å². The second-order valence-corrected chi connectivity index (χ2v) is 4.26. The van der Waals surface area contributed by atoms with Gasteiger partial charge >= 0.3 is 0 Å². The van der Waals surface area contributed by atoms with Crippen LogP contribution in [0.4, 0.5) is 0 Å². The number of Topliss-reactive ketones (excluding diaryl/α,β-unsaturated/α-hetero) is 1. The molecule has 0 amide bonds. The maximum Gasteiger partial charge on any atom is 0.133 e. The monoisotopic (exact) mass is 198 g/mol. The van der Waals surface area contributed by atoms with Crippen molar-refractivity contribution in [3.05, 3.63) is 0 Å². The average Bonchev–Trinajstić information content (AvgIpc) is 2.20. The first-order chi connectivity index (χ1) is 6.83. The predicted molar refractivity (Wildman–Crippen MR) is 57.3 cm³/mol. The Kier molecular flexibility index (Phi) is 5.85. The number of hydrogen-bond acceptors (Lipinski definition) is 2. The molecule has 0 aromatic rings. The average molecular weight is 198 g/mol. The minimum Gasteiger partial charge on any atom is -0.381 e. The zero-order valence-corrected chi connectivity index (χ0v) is 9.26. The number of hydrogen-bond donors (Lipinski definition) is 0. The first-order valence-electron chi connectivity index (χ1n) is 5.92. The molecule has 0 spiro atoms.